The van der Waals surface area contributed by atoms with Crippen molar-refractivity contribution >= 4 is 38.4 Å². The standard InChI is InChI=1S/C16H13BrN2O2/c1-21-12-5-6-13-14(9-18-15(13)8-12)16(20)19-11-4-2-3-10(17)7-11/h2-9,18H,1H3,(H,19,20). The van der Waals surface area contributed by atoms with E-state index in [0.29, 0.717) is 5.56 Å². The van der Waals surface area contributed by atoms with Gasteiger partial charge in [-0.1, -0.05) is 22.0 Å². The van der Waals surface area contributed by atoms with E-state index in [1.54, 1.807) is 13.3 Å². The number of H-pyrrole nitrogens is 1. The maximum absolute atomic E-state index is 12.4. The highest BCUT2D eigenvalue weighted by Crippen LogP contribution is 2.24. The van der Waals surface area contributed by atoms with E-state index in [-0.39, 0.29) is 5.91 Å². The molecule has 1 heterocycles. The third-order valence-corrected chi connectivity index (χ3v) is 3.71. The Morgan fingerprint density at radius 3 is 2.86 bits per heavy atom. The van der Waals surface area contributed by atoms with Crippen molar-refractivity contribution in [3.05, 3.63) is 58.7 Å². The predicted molar refractivity (Wildman–Crippen MR) is 86.9 cm³/mol. The van der Waals surface area contributed by atoms with Gasteiger partial charge in [-0.2, -0.15) is 0 Å². The van der Waals surface area contributed by atoms with Gasteiger partial charge in [-0.15, -0.1) is 0 Å². The second-order valence-corrected chi connectivity index (χ2v) is 5.49. The third kappa shape index (κ3) is 2.78. The molecule has 0 aliphatic carbocycles. The molecule has 0 atom stereocenters. The minimum atomic E-state index is -0.149. The van der Waals surface area contributed by atoms with Gasteiger partial charge in [-0.05, 0) is 30.3 Å². The molecule has 0 fully saturated rings. The molecule has 0 radical (unpaired) electrons. The first-order valence-electron chi connectivity index (χ1n) is 6.39. The number of carbonyl (C=O) groups excluding carboxylic acids is 1. The Morgan fingerprint density at radius 2 is 2.10 bits per heavy atom. The van der Waals surface area contributed by atoms with Gasteiger partial charge in [0.15, 0.2) is 0 Å². The van der Waals surface area contributed by atoms with Crippen molar-refractivity contribution in [2.24, 2.45) is 0 Å². The molecule has 4 nitrogen and oxygen atoms in total. The number of carbonyl (C=O) groups is 1. The molecule has 0 aliphatic heterocycles. The van der Waals surface area contributed by atoms with Crippen molar-refractivity contribution in [1.29, 1.82) is 0 Å². The molecule has 0 bridgehead atoms. The summed E-state index contributed by atoms with van der Waals surface area (Å²) in [5, 5.41) is 3.75. The minimum absolute atomic E-state index is 0.149. The van der Waals surface area contributed by atoms with Crippen LogP contribution in [0.4, 0.5) is 5.69 Å². The van der Waals surface area contributed by atoms with Crippen molar-refractivity contribution in [3.8, 4) is 5.75 Å². The van der Waals surface area contributed by atoms with Crippen molar-refractivity contribution < 1.29 is 9.53 Å². The lowest BCUT2D eigenvalue weighted by Crippen LogP contribution is -2.11. The Balaban J connectivity index is 1.91. The number of hydrogen-bond acceptors (Lipinski definition) is 2. The van der Waals surface area contributed by atoms with Crippen LogP contribution in [0.5, 0.6) is 5.75 Å². The maximum atomic E-state index is 12.4. The van der Waals surface area contributed by atoms with E-state index in [9.17, 15) is 4.79 Å². The van der Waals surface area contributed by atoms with Crippen molar-refractivity contribution in [2.75, 3.05) is 12.4 Å². The third-order valence-electron chi connectivity index (χ3n) is 3.22. The molecule has 0 saturated heterocycles. The van der Waals surface area contributed by atoms with Crippen LogP contribution in [-0.2, 0) is 0 Å². The van der Waals surface area contributed by atoms with Gasteiger partial charge in [0.1, 0.15) is 5.75 Å². The maximum Gasteiger partial charge on any atom is 0.257 e. The fraction of sp³-hybridized carbons (Fsp3) is 0.0625. The zero-order chi connectivity index (χ0) is 14.8. The first kappa shape index (κ1) is 13.7. The molecule has 2 aromatic carbocycles. The van der Waals surface area contributed by atoms with E-state index in [2.05, 4.69) is 26.2 Å². The van der Waals surface area contributed by atoms with Crippen LogP contribution in [0.25, 0.3) is 10.9 Å². The van der Waals surface area contributed by atoms with Gasteiger partial charge < -0.3 is 15.0 Å². The number of anilines is 1. The molecule has 0 saturated carbocycles. The highest BCUT2D eigenvalue weighted by molar-refractivity contribution is 9.10. The van der Waals surface area contributed by atoms with Gasteiger partial charge in [0, 0.05) is 33.3 Å². The van der Waals surface area contributed by atoms with Gasteiger partial charge in [0.2, 0.25) is 0 Å². The molecular formula is C16H13BrN2O2. The number of amides is 1. The lowest BCUT2D eigenvalue weighted by atomic mass is 10.1. The fourth-order valence-corrected chi connectivity index (χ4v) is 2.58. The highest BCUT2D eigenvalue weighted by atomic mass is 79.9. The number of fused-ring (bicyclic) bond motifs is 1. The molecule has 0 unspecified atom stereocenters. The van der Waals surface area contributed by atoms with Crippen LogP contribution < -0.4 is 10.1 Å². The number of benzene rings is 2. The van der Waals surface area contributed by atoms with E-state index in [0.717, 1.165) is 26.8 Å². The number of ether oxygens (including phenoxy) is 1. The Bertz CT molecular complexity index is 811. The zero-order valence-electron chi connectivity index (χ0n) is 11.3. The number of nitrogens with one attached hydrogen (secondary N) is 2. The number of halogens is 1. The van der Waals surface area contributed by atoms with Gasteiger partial charge >= 0.3 is 0 Å². The summed E-state index contributed by atoms with van der Waals surface area (Å²) in [4.78, 5) is 15.5. The van der Waals surface area contributed by atoms with Crippen LogP contribution in [0, 0.1) is 0 Å². The summed E-state index contributed by atoms with van der Waals surface area (Å²) in [5.74, 6) is 0.604. The minimum Gasteiger partial charge on any atom is -0.497 e. The molecule has 3 rings (SSSR count). The topological polar surface area (TPSA) is 54.1 Å². The number of methoxy groups -OCH3 is 1. The first-order valence-corrected chi connectivity index (χ1v) is 7.19. The molecule has 5 heteroatoms. The van der Waals surface area contributed by atoms with Crippen LogP contribution in [0.3, 0.4) is 0 Å². The molecular weight excluding hydrogens is 332 g/mol. The van der Waals surface area contributed by atoms with Crippen LogP contribution in [-0.4, -0.2) is 18.0 Å². The van der Waals surface area contributed by atoms with Crippen LogP contribution in [0.2, 0.25) is 0 Å². The number of rotatable bonds is 3. The average molecular weight is 345 g/mol. The summed E-state index contributed by atoms with van der Waals surface area (Å²) in [5.41, 5.74) is 2.22. The van der Waals surface area contributed by atoms with Gasteiger partial charge in [0.05, 0.1) is 12.7 Å². The van der Waals surface area contributed by atoms with E-state index >= 15 is 0 Å². The smallest absolute Gasteiger partial charge is 0.257 e. The van der Waals surface area contributed by atoms with Crippen molar-refractivity contribution in [2.45, 2.75) is 0 Å². The second-order valence-electron chi connectivity index (χ2n) is 4.58. The molecule has 21 heavy (non-hydrogen) atoms. The van der Waals surface area contributed by atoms with E-state index in [1.165, 1.54) is 0 Å². The normalized spacial score (nSPS) is 10.6. The van der Waals surface area contributed by atoms with E-state index < -0.39 is 0 Å². The molecule has 106 valence electrons. The number of aromatic amines is 1. The summed E-state index contributed by atoms with van der Waals surface area (Å²) >= 11 is 3.39. The lowest BCUT2D eigenvalue weighted by Gasteiger charge is -2.05. The molecule has 0 aliphatic rings. The molecule has 1 aromatic heterocycles. The van der Waals surface area contributed by atoms with Gasteiger partial charge in [-0.3, -0.25) is 4.79 Å². The highest BCUT2D eigenvalue weighted by Gasteiger charge is 2.12. The molecule has 3 aromatic rings. The average Bonchev–Trinajstić information content (AvgIpc) is 2.90. The van der Waals surface area contributed by atoms with Crippen molar-refractivity contribution in [1.82, 2.24) is 4.98 Å². The summed E-state index contributed by atoms with van der Waals surface area (Å²) in [6, 6.07) is 13.1. The zero-order valence-corrected chi connectivity index (χ0v) is 12.9. The second kappa shape index (κ2) is 5.61. The Kier molecular flexibility index (Phi) is 3.66. The molecule has 2 N–H and O–H groups in total. The Hall–Kier alpha value is -2.27. The molecule has 0 spiro atoms. The van der Waals surface area contributed by atoms with Gasteiger partial charge in [-0.25, -0.2) is 0 Å². The first-order chi connectivity index (χ1) is 10.2. The monoisotopic (exact) mass is 344 g/mol. The predicted octanol–water partition coefficient (Wildman–Crippen LogP) is 4.19. The summed E-state index contributed by atoms with van der Waals surface area (Å²) in [6.45, 7) is 0. The molecule has 1 amide bonds. The summed E-state index contributed by atoms with van der Waals surface area (Å²) in [6.07, 6.45) is 1.71. The summed E-state index contributed by atoms with van der Waals surface area (Å²) < 4.78 is 6.10. The largest absolute Gasteiger partial charge is 0.497 e. The quantitative estimate of drug-likeness (QED) is 0.748. The van der Waals surface area contributed by atoms with Gasteiger partial charge in [0.25, 0.3) is 5.91 Å². The Morgan fingerprint density at radius 1 is 1.24 bits per heavy atom. The lowest BCUT2D eigenvalue weighted by molar-refractivity contribution is 0.102. The SMILES string of the molecule is COc1ccc2c(C(=O)Nc3cccc(Br)c3)c[nH]c2c1. The van der Waals surface area contributed by atoms with Crippen molar-refractivity contribution in [3.63, 3.8) is 0 Å². The van der Waals surface area contributed by atoms with E-state index in [1.807, 2.05) is 42.5 Å². The van der Waals surface area contributed by atoms with Crippen LogP contribution in [0.15, 0.2) is 53.1 Å². The number of hydrogen-bond donors (Lipinski definition) is 2. The van der Waals surface area contributed by atoms with Crippen LogP contribution >= 0.6 is 15.9 Å². The van der Waals surface area contributed by atoms with Crippen LogP contribution in [0.1, 0.15) is 10.4 Å². The summed E-state index contributed by atoms with van der Waals surface area (Å²) in [7, 11) is 1.62. The number of aromatic nitrogens is 1. The van der Waals surface area contributed by atoms with E-state index in [4.69, 9.17) is 4.74 Å². The fourth-order valence-electron chi connectivity index (χ4n) is 2.18. The Labute approximate surface area is 130 Å².